The molecule has 0 atom stereocenters. The molecule has 0 spiro atoms. The van der Waals surface area contributed by atoms with Crippen LogP contribution in [0.3, 0.4) is 0 Å². The van der Waals surface area contributed by atoms with E-state index in [1.165, 1.54) is 0 Å². The number of carbonyl (C=O) groups excluding carboxylic acids is 2. The second-order valence-electron chi connectivity index (χ2n) is 4.65. The molecular formula is C15H21N3O2. The summed E-state index contributed by atoms with van der Waals surface area (Å²) < 4.78 is 0. The molecule has 3 N–H and O–H groups in total. The van der Waals surface area contributed by atoms with Crippen molar-refractivity contribution < 1.29 is 9.59 Å². The lowest BCUT2D eigenvalue weighted by molar-refractivity contribution is -0.125. The van der Waals surface area contributed by atoms with E-state index in [-0.39, 0.29) is 5.91 Å². The van der Waals surface area contributed by atoms with E-state index in [4.69, 9.17) is 5.73 Å². The van der Waals surface area contributed by atoms with Crippen LogP contribution in [0.4, 0.5) is 5.69 Å². The van der Waals surface area contributed by atoms with E-state index < -0.39 is 0 Å². The van der Waals surface area contributed by atoms with Gasteiger partial charge in [0.05, 0.1) is 0 Å². The van der Waals surface area contributed by atoms with Crippen LogP contribution in [0, 0.1) is 0 Å². The minimum atomic E-state index is -0.0501. The molecule has 0 unspecified atom stereocenters. The number of nitrogens with zero attached hydrogens (tertiary/aromatic N) is 1. The van der Waals surface area contributed by atoms with Gasteiger partial charge in [0, 0.05) is 31.3 Å². The van der Waals surface area contributed by atoms with Crippen LogP contribution in [0.2, 0.25) is 0 Å². The second kappa shape index (κ2) is 8.12. The Kier molecular flexibility index (Phi) is 6.46. The van der Waals surface area contributed by atoms with Gasteiger partial charge in [-0.15, -0.1) is 6.58 Å². The number of hydrazine groups is 1. The van der Waals surface area contributed by atoms with E-state index in [2.05, 4.69) is 12.0 Å². The van der Waals surface area contributed by atoms with Crippen molar-refractivity contribution in [3.63, 3.8) is 0 Å². The largest absolute Gasteiger partial charge is 0.399 e. The Balaban J connectivity index is 2.55. The molecule has 0 aliphatic rings. The van der Waals surface area contributed by atoms with Crippen LogP contribution < -0.4 is 11.2 Å². The SMILES string of the molecule is C=CCCCC(=O)NN(C)Cc1cc(N)ccc1C=O. The van der Waals surface area contributed by atoms with Crippen LogP contribution in [0.15, 0.2) is 30.9 Å². The Bertz CT molecular complexity index is 486. The third kappa shape index (κ3) is 5.24. The van der Waals surface area contributed by atoms with Crippen LogP contribution in [0.1, 0.15) is 35.2 Å². The summed E-state index contributed by atoms with van der Waals surface area (Å²) in [5, 5.41) is 1.65. The minimum absolute atomic E-state index is 0.0501. The van der Waals surface area contributed by atoms with Crippen molar-refractivity contribution in [2.75, 3.05) is 12.8 Å². The number of carbonyl (C=O) groups is 2. The molecule has 5 heteroatoms. The van der Waals surface area contributed by atoms with Crippen LogP contribution in [-0.2, 0) is 11.3 Å². The predicted octanol–water partition coefficient (Wildman–Crippen LogP) is 1.90. The maximum atomic E-state index is 11.7. The van der Waals surface area contributed by atoms with Crippen LogP contribution in [0.25, 0.3) is 0 Å². The lowest BCUT2D eigenvalue weighted by Crippen LogP contribution is -2.38. The molecule has 5 nitrogen and oxygen atoms in total. The lowest BCUT2D eigenvalue weighted by atomic mass is 10.1. The Morgan fingerprint density at radius 3 is 2.90 bits per heavy atom. The molecule has 0 saturated carbocycles. The average molecular weight is 275 g/mol. The van der Waals surface area contributed by atoms with Gasteiger partial charge in [-0.3, -0.25) is 15.0 Å². The molecule has 0 radical (unpaired) electrons. The van der Waals surface area contributed by atoms with Gasteiger partial charge in [0.25, 0.3) is 0 Å². The number of allylic oxidation sites excluding steroid dienone is 1. The fourth-order valence-electron chi connectivity index (χ4n) is 1.85. The molecule has 0 fully saturated rings. The van der Waals surface area contributed by atoms with Crippen molar-refractivity contribution in [1.82, 2.24) is 10.4 Å². The van der Waals surface area contributed by atoms with Gasteiger partial charge in [-0.2, -0.15) is 0 Å². The first-order chi connectivity index (χ1) is 9.56. The highest BCUT2D eigenvalue weighted by Crippen LogP contribution is 2.13. The van der Waals surface area contributed by atoms with Crippen molar-refractivity contribution in [1.29, 1.82) is 0 Å². The van der Waals surface area contributed by atoms with Crippen molar-refractivity contribution in [3.05, 3.63) is 42.0 Å². The average Bonchev–Trinajstić information content (AvgIpc) is 2.39. The Morgan fingerprint density at radius 1 is 1.50 bits per heavy atom. The number of rotatable bonds is 8. The van der Waals surface area contributed by atoms with Gasteiger partial charge in [-0.05, 0) is 36.6 Å². The molecule has 0 heterocycles. The van der Waals surface area contributed by atoms with Gasteiger partial charge >= 0.3 is 0 Å². The van der Waals surface area contributed by atoms with Crippen LogP contribution in [-0.4, -0.2) is 24.2 Å². The van der Waals surface area contributed by atoms with Gasteiger partial charge in [-0.25, -0.2) is 5.01 Å². The summed E-state index contributed by atoms with van der Waals surface area (Å²) >= 11 is 0. The van der Waals surface area contributed by atoms with Crippen LogP contribution in [0.5, 0.6) is 0 Å². The van der Waals surface area contributed by atoms with E-state index in [1.807, 2.05) is 0 Å². The van der Waals surface area contributed by atoms with Gasteiger partial charge < -0.3 is 5.73 Å². The number of nitrogen functional groups attached to an aromatic ring is 1. The molecule has 1 aromatic rings. The molecular weight excluding hydrogens is 254 g/mol. The predicted molar refractivity (Wildman–Crippen MR) is 79.9 cm³/mol. The molecule has 1 aromatic carbocycles. The third-order valence-corrected chi connectivity index (χ3v) is 2.83. The van der Waals surface area contributed by atoms with E-state index in [9.17, 15) is 9.59 Å². The zero-order chi connectivity index (χ0) is 15.0. The van der Waals surface area contributed by atoms with E-state index >= 15 is 0 Å². The molecule has 20 heavy (non-hydrogen) atoms. The highest BCUT2D eigenvalue weighted by Gasteiger charge is 2.08. The number of anilines is 1. The standard InChI is InChI=1S/C15H21N3O2/c1-3-4-5-6-15(20)17-18(2)10-13-9-14(16)8-7-12(13)11-19/h3,7-9,11H,1,4-6,10,16H2,2H3,(H,17,20). The topological polar surface area (TPSA) is 75.4 Å². The fourth-order valence-corrected chi connectivity index (χ4v) is 1.85. The van der Waals surface area contributed by atoms with E-state index in [1.54, 1.807) is 36.3 Å². The van der Waals surface area contributed by atoms with Crippen molar-refractivity contribution in [3.8, 4) is 0 Å². The summed E-state index contributed by atoms with van der Waals surface area (Å²) in [4.78, 5) is 22.6. The first-order valence-electron chi connectivity index (χ1n) is 6.52. The molecule has 0 saturated heterocycles. The van der Waals surface area contributed by atoms with Crippen LogP contribution >= 0.6 is 0 Å². The highest BCUT2D eigenvalue weighted by molar-refractivity contribution is 5.78. The molecule has 0 aromatic heterocycles. The number of aldehydes is 1. The van der Waals surface area contributed by atoms with Crippen molar-refractivity contribution in [2.24, 2.45) is 0 Å². The first kappa shape index (κ1) is 15.9. The fraction of sp³-hybridized carbons (Fsp3) is 0.333. The van der Waals surface area contributed by atoms with Gasteiger partial charge in [0.2, 0.25) is 5.91 Å². The van der Waals surface area contributed by atoms with E-state index in [0.717, 1.165) is 24.7 Å². The summed E-state index contributed by atoms with van der Waals surface area (Å²) in [6.07, 6.45) is 4.63. The second-order valence-corrected chi connectivity index (χ2v) is 4.65. The quantitative estimate of drug-likeness (QED) is 0.250. The van der Waals surface area contributed by atoms with Crippen molar-refractivity contribution >= 4 is 17.9 Å². The number of nitrogens with two attached hydrogens (primary N) is 1. The number of benzene rings is 1. The van der Waals surface area contributed by atoms with Gasteiger partial charge in [0.15, 0.2) is 0 Å². The zero-order valence-corrected chi connectivity index (χ0v) is 11.8. The number of amides is 1. The molecule has 0 bridgehead atoms. The third-order valence-electron chi connectivity index (χ3n) is 2.83. The smallest absolute Gasteiger partial charge is 0.234 e. The number of nitrogens with one attached hydrogen (secondary N) is 1. The van der Waals surface area contributed by atoms with Crippen molar-refractivity contribution in [2.45, 2.75) is 25.8 Å². The molecule has 108 valence electrons. The Hall–Kier alpha value is -2.14. The summed E-state index contributed by atoms with van der Waals surface area (Å²) in [5.74, 6) is -0.0501. The summed E-state index contributed by atoms with van der Waals surface area (Å²) in [5.41, 5.74) is 10.4. The van der Waals surface area contributed by atoms with Gasteiger partial charge in [0.1, 0.15) is 6.29 Å². The summed E-state index contributed by atoms with van der Waals surface area (Å²) in [6.45, 7) is 4.04. The summed E-state index contributed by atoms with van der Waals surface area (Å²) in [7, 11) is 1.75. The normalized spacial score (nSPS) is 10.3. The molecule has 0 aliphatic carbocycles. The zero-order valence-electron chi connectivity index (χ0n) is 11.8. The number of unbranched alkanes of at least 4 members (excludes halogenated alkanes) is 1. The van der Waals surface area contributed by atoms with E-state index in [0.29, 0.717) is 24.2 Å². The van der Waals surface area contributed by atoms with Gasteiger partial charge in [-0.1, -0.05) is 6.08 Å². The molecule has 1 rings (SSSR count). The maximum Gasteiger partial charge on any atom is 0.234 e. The minimum Gasteiger partial charge on any atom is -0.399 e. The summed E-state index contributed by atoms with van der Waals surface area (Å²) in [6, 6.07) is 5.10. The molecule has 1 amide bonds. The first-order valence-corrected chi connectivity index (χ1v) is 6.52. The molecule has 0 aliphatic heterocycles. The monoisotopic (exact) mass is 275 g/mol. The Labute approximate surface area is 119 Å². The highest BCUT2D eigenvalue weighted by atomic mass is 16.2. The number of hydrogen-bond donors (Lipinski definition) is 2. The maximum absolute atomic E-state index is 11.7. The lowest BCUT2D eigenvalue weighted by Gasteiger charge is -2.19. The Morgan fingerprint density at radius 2 is 2.25 bits per heavy atom. The number of hydrogen-bond acceptors (Lipinski definition) is 4.